The summed E-state index contributed by atoms with van der Waals surface area (Å²) in [5.41, 5.74) is 0. The number of unbranched alkanes of at least 4 members (excludes halogenated alkanes) is 3. The predicted molar refractivity (Wildman–Crippen MR) is 95.8 cm³/mol. The molecule has 0 aliphatic heterocycles. The fraction of sp³-hybridized carbons (Fsp3) is 0.810. The van der Waals surface area contributed by atoms with E-state index >= 15 is 0 Å². The topological polar surface area (TPSA) is 20.2 Å². The van der Waals surface area contributed by atoms with E-state index in [1.54, 1.807) is 0 Å². The molecule has 2 rings (SSSR count). The summed E-state index contributed by atoms with van der Waals surface area (Å²) < 4.78 is 0. The van der Waals surface area contributed by atoms with Crippen LogP contribution in [-0.2, 0) is 0 Å². The number of allylic oxidation sites excluding steroid dienone is 4. The predicted octanol–water partition coefficient (Wildman–Crippen LogP) is 5.89. The van der Waals surface area contributed by atoms with Crippen molar-refractivity contribution in [3.8, 4) is 0 Å². The smallest absolute Gasteiger partial charge is 0.0459 e. The van der Waals surface area contributed by atoms with Gasteiger partial charge in [0.2, 0.25) is 0 Å². The average Bonchev–Trinajstić information content (AvgIpc) is 2.58. The Morgan fingerprint density at radius 3 is 2.36 bits per heavy atom. The quantitative estimate of drug-likeness (QED) is 0.437. The zero-order valence-electron chi connectivity index (χ0n) is 14.6. The van der Waals surface area contributed by atoms with Gasteiger partial charge in [-0.3, -0.25) is 0 Å². The van der Waals surface area contributed by atoms with Gasteiger partial charge in [0.05, 0.1) is 0 Å². The van der Waals surface area contributed by atoms with Crippen LogP contribution in [0.25, 0.3) is 0 Å². The molecular formula is C21H36O. The summed E-state index contributed by atoms with van der Waals surface area (Å²) in [6, 6.07) is 0. The minimum absolute atomic E-state index is 0.390. The van der Waals surface area contributed by atoms with Crippen LogP contribution in [0.5, 0.6) is 0 Å². The van der Waals surface area contributed by atoms with Crippen LogP contribution in [0.3, 0.4) is 0 Å². The fourth-order valence-electron chi connectivity index (χ4n) is 4.00. The van der Waals surface area contributed by atoms with Gasteiger partial charge >= 0.3 is 0 Å². The minimum atomic E-state index is 0.390. The number of aliphatic hydroxyl groups excluding tert-OH is 1. The maximum atomic E-state index is 9.20. The van der Waals surface area contributed by atoms with E-state index in [1.165, 1.54) is 70.6 Å². The van der Waals surface area contributed by atoms with Gasteiger partial charge in [-0.25, -0.2) is 0 Å². The molecule has 0 saturated heterocycles. The van der Waals surface area contributed by atoms with Crippen molar-refractivity contribution in [1.29, 1.82) is 0 Å². The number of aliphatic hydroxyl groups is 1. The Morgan fingerprint density at radius 2 is 1.73 bits per heavy atom. The lowest BCUT2D eigenvalue weighted by molar-refractivity contribution is 0.177. The van der Waals surface area contributed by atoms with Crippen molar-refractivity contribution in [1.82, 2.24) is 0 Å². The van der Waals surface area contributed by atoms with Crippen LogP contribution in [0.15, 0.2) is 24.3 Å². The minimum Gasteiger partial charge on any atom is -0.396 e. The van der Waals surface area contributed by atoms with Crippen LogP contribution in [-0.4, -0.2) is 11.7 Å². The van der Waals surface area contributed by atoms with Crippen molar-refractivity contribution in [2.75, 3.05) is 6.61 Å². The Hall–Kier alpha value is -0.560. The molecule has 0 bridgehead atoms. The van der Waals surface area contributed by atoms with E-state index in [2.05, 4.69) is 31.2 Å². The molecule has 0 heterocycles. The van der Waals surface area contributed by atoms with E-state index in [0.29, 0.717) is 18.4 Å². The maximum absolute atomic E-state index is 9.20. The summed E-state index contributed by atoms with van der Waals surface area (Å²) in [5.74, 6) is 2.87. The first-order valence-electron chi connectivity index (χ1n) is 9.79. The van der Waals surface area contributed by atoms with Crippen molar-refractivity contribution in [3.05, 3.63) is 24.3 Å². The Balaban J connectivity index is 1.64. The highest BCUT2D eigenvalue weighted by molar-refractivity contribution is 5.07. The first-order valence-corrected chi connectivity index (χ1v) is 9.79. The standard InChI is InChI=1S/C21H36O/c1-2-3-4-5-6-18-7-9-19(10-8-18)11-12-20-13-15-21(17-22)16-14-20/h7,9,11-12,18-22H,2-6,8,10,13-17H2,1H3. The first kappa shape index (κ1) is 17.8. The van der Waals surface area contributed by atoms with Crippen molar-refractivity contribution >= 4 is 0 Å². The van der Waals surface area contributed by atoms with Crippen molar-refractivity contribution < 1.29 is 5.11 Å². The molecule has 0 aromatic rings. The summed E-state index contributed by atoms with van der Waals surface area (Å²) in [5, 5.41) is 9.20. The van der Waals surface area contributed by atoms with Crippen LogP contribution in [0.1, 0.15) is 77.6 Å². The molecule has 1 heteroatoms. The van der Waals surface area contributed by atoms with Crippen LogP contribution in [0, 0.1) is 23.7 Å². The third-order valence-electron chi connectivity index (χ3n) is 5.71. The Kier molecular flexibility index (Phi) is 8.30. The van der Waals surface area contributed by atoms with Crippen LogP contribution >= 0.6 is 0 Å². The molecule has 0 aromatic heterocycles. The van der Waals surface area contributed by atoms with E-state index in [1.807, 2.05) is 0 Å². The molecule has 0 radical (unpaired) electrons. The highest BCUT2D eigenvalue weighted by atomic mass is 16.3. The molecule has 126 valence electrons. The summed E-state index contributed by atoms with van der Waals surface area (Å²) in [6.07, 6.45) is 24.6. The van der Waals surface area contributed by atoms with E-state index < -0.39 is 0 Å². The van der Waals surface area contributed by atoms with Gasteiger partial charge in [-0.1, -0.05) is 56.9 Å². The van der Waals surface area contributed by atoms with E-state index in [0.717, 1.165) is 11.8 Å². The maximum Gasteiger partial charge on any atom is 0.0459 e. The summed E-state index contributed by atoms with van der Waals surface area (Å²) >= 11 is 0. The second-order valence-electron chi connectivity index (χ2n) is 7.58. The number of hydrogen-bond donors (Lipinski definition) is 1. The van der Waals surface area contributed by atoms with E-state index in [9.17, 15) is 5.11 Å². The van der Waals surface area contributed by atoms with Crippen LogP contribution in [0.4, 0.5) is 0 Å². The fourth-order valence-corrected chi connectivity index (χ4v) is 4.00. The molecule has 1 nitrogen and oxygen atoms in total. The van der Waals surface area contributed by atoms with E-state index in [-0.39, 0.29) is 0 Å². The monoisotopic (exact) mass is 304 g/mol. The molecule has 2 aliphatic carbocycles. The van der Waals surface area contributed by atoms with Crippen molar-refractivity contribution in [3.63, 3.8) is 0 Å². The molecule has 1 fully saturated rings. The Labute approximate surface area is 137 Å². The van der Waals surface area contributed by atoms with Gasteiger partial charge in [0.15, 0.2) is 0 Å². The van der Waals surface area contributed by atoms with Gasteiger partial charge in [-0.05, 0) is 68.6 Å². The molecule has 0 spiro atoms. The van der Waals surface area contributed by atoms with Crippen LogP contribution in [0.2, 0.25) is 0 Å². The second kappa shape index (κ2) is 10.3. The molecule has 1 N–H and O–H groups in total. The lowest BCUT2D eigenvalue weighted by atomic mass is 9.81. The number of hydrogen-bond acceptors (Lipinski definition) is 1. The highest BCUT2D eigenvalue weighted by Gasteiger charge is 2.19. The molecule has 2 aliphatic rings. The van der Waals surface area contributed by atoms with Gasteiger partial charge < -0.3 is 5.11 Å². The Morgan fingerprint density at radius 1 is 0.909 bits per heavy atom. The third kappa shape index (κ3) is 6.28. The SMILES string of the molecule is CCCCCCC1C=CC(C=CC2CCC(CO)CC2)CC1. The molecule has 2 atom stereocenters. The van der Waals surface area contributed by atoms with Gasteiger partial charge in [0, 0.05) is 6.61 Å². The molecule has 0 amide bonds. The van der Waals surface area contributed by atoms with Gasteiger partial charge in [0.1, 0.15) is 0 Å². The average molecular weight is 305 g/mol. The summed E-state index contributed by atoms with van der Waals surface area (Å²) in [4.78, 5) is 0. The number of rotatable bonds is 8. The Bertz CT molecular complexity index is 336. The first-order chi connectivity index (χ1) is 10.8. The lowest BCUT2D eigenvalue weighted by Crippen LogP contribution is -2.16. The lowest BCUT2D eigenvalue weighted by Gasteiger charge is -2.26. The van der Waals surface area contributed by atoms with Crippen molar-refractivity contribution in [2.45, 2.75) is 77.6 Å². The van der Waals surface area contributed by atoms with E-state index in [4.69, 9.17) is 0 Å². The second-order valence-corrected chi connectivity index (χ2v) is 7.58. The summed E-state index contributed by atoms with van der Waals surface area (Å²) in [7, 11) is 0. The summed E-state index contributed by atoms with van der Waals surface area (Å²) in [6.45, 7) is 2.68. The molecular weight excluding hydrogens is 268 g/mol. The van der Waals surface area contributed by atoms with Crippen LogP contribution < -0.4 is 0 Å². The normalized spacial score (nSPS) is 32.6. The zero-order chi connectivity index (χ0) is 15.6. The molecule has 1 saturated carbocycles. The van der Waals surface area contributed by atoms with Gasteiger partial charge in [0.25, 0.3) is 0 Å². The zero-order valence-corrected chi connectivity index (χ0v) is 14.6. The van der Waals surface area contributed by atoms with Crippen molar-refractivity contribution in [2.24, 2.45) is 23.7 Å². The third-order valence-corrected chi connectivity index (χ3v) is 5.71. The highest BCUT2D eigenvalue weighted by Crippen LogP contribution is 2.31. The van der Waals surface area contributed by atoms with Gasteiger partial charge in [-0.15, -0.1) is 0 Å². The van der Waals surface area contributed by atoms with Gasteiger partial charge in [-0.2, -0.15) is 0 Å². The molecule has 22 heavy (non-hydrogen) atoms. The molecule has 2 unspecified atom stereocenters. The largest absolute Gasteiger partial charge is 0.396 e. The molecule has 0 aromatic carbocycles.